The van der Waals surface area contributed by atoms with Crippen LogP contribution in [0.5, 0.6) is 11.5 Å². The van der Waals surface area contributed by atoms with Crippen LogP contribution < -0.4 is 9.47 Å². The van der Waals surface area contributed by atoms with Crippen LogP contribution in [0.3, 0.4) is 0 Å². The van der Waals surface area contributed by atoms with Gasteiger partial charge in [0.05, 0.1) is 14.2 Å². The highest BCUT2D eigenvalue weighted by Gasteiger charge is 2.32. The lowest BCUT2D eigenvalue weighted by Gasteiger charge is -2.34. The van der Waals surface area contributed by atoms with Crippen molar-refractivity contribution in [2.24, 2.45) is 5.92 Å². The summed E-state index contributed by atoms with van der Waals surface area (Å²) >= 11 is 0. The van der Waals surface area contributed by atoms with Gasteiger partial charge in [0.25, 0.3) is 0 Å². The van der Waals surface area contributed by atoms with Gasteiger partial charge in [-0.05, 0) is 73.4 Å². The van der Waals surface area contributed by atoms with E-state index in [0.717, 1.165) is 17.9 Å². The van der Waals surface area contributed by atoms with E-state index in [0.29, 0.717) is 5.92 Å². The van der Waals surface area contributed by atoms with Crippen molar-refractivity contribution in [3.8, 4) is 11.5 Å². The molecule has 0 bridgehead atoms. The Kier molecular flexibility index (Phi) is 6.05. The quantitative estimate of drug-likeness (QED) is 0.607. The lowest BCUT2D eigenvalue weighted by atomic mass is 9.70. The van der Waals surface area contributed by atoms with E-state index < -0.39 is 0 Å². The number of methoxy groups -OCH3 is 2. The summed E-state index contributed by atoms with van der Waals surface area (Å²) in [5, 5.41) is 0. The van der Waals surface area contributed by atoms with E-state index in [4.69, 9.17) is 9.47 Å². The highest BCUT2D eigenvalue weighted by Crippen LogP contribution is 2.42. The van der Waals surface area contributed by atoms with Gasteiger partial charge in [-0.25, -0.2) is 0 Å². The van der Waals surface area contributed by atoms with Gasteiger partial charge in [-0.2, -0.15) is 0 Å². The van der Waals surface area contributed by atoms with Crippen molar-refractivity contribution in [2.75, 3.05) is 14.2 Å². The maximum Gasteiger partial charge on any atom is 0.124 e. The molecule has 0 N–H and O–H groups in total. The molecule has 2 rings (SSSR count). The fraction of sp³-hybridized carbons (Fsp3) is 0.500. The smallest absolute Gasteiger partial charge is 0.124 e. The standard InChI is InChI=1S/C24H34O2/c1-15(2)14-24(7,20-10-16(3)22(25-8)17(4)11-20)21-12-18(5)23(26-9)19(6)13-21/h10-13,15H,14H2,1-9H3. The minimum atomic E-state index is -0.0578. The lowest BCUT2D eigenvalue weighted by molar-refractivity contribution is 0.401. The molecule has 0 saturated heterocycles. The third kappa shape index (κ3) is 3.75. The topological polar surface area (TPSA) is 18.5 Å². The molecule has 26 heavy (non-hydrogen) atoms. The zero-order valence-electron chi connectivity index (χ0n) is 17.9. The Balaban J connectivity index is 2.71. The Morgan fingerprint density at radius 3 is 1.27 bits per heavy atom. The molecule has 0 unspecified atom stereocenters. The van der Waals surface area contributed by atoms with Gasteiger partial charge in [0, 0.05) is 5.41 Å². The Morgan fingerprint density at radius 1 is 0.731 bits per heavy atom. The van der Waals surface area contributed by atoms with Crippen LogP contribution in [0.2, 0.25) is 0 Å². The molecule has 0 aliphatic carbocycles. The second-order valence-corrected chi connectivity index (χ2v) is 8.22. The minimum Gasteiger partial charge on any atom is -0.496 e. The fourth-order valence-corrected chi connectivity index (χ4v) is 4.40. The number of aryl methyl sites for hydroxylation is 4. The Hall–Kier alpha value is -1.96. The Bertz CT molecular complexity index is 681. The van der Waals surface area contributed by atoms with Gasteiger partial charge < -0.3 is 9.47 Å². The molecule has 2 aromatic rings. The number of hydrogen-bond acceptors (Lipinski definition) is 2. The van der Waals surface area contributed by atoms with Gasteiger partial charge in [-0.15, -0.1) is 0 Å². The predicted molar refractivity (Wildman–Crippen MR) is 111 cm³/mol. The zero-order chi connectivity index (χ0) is 19.6. The summed E-state index contributed by atoms with van der Waals surface area (Å²) in [5.41, 5.74) is 7.42. The van der Waals surface area contributed by atoms with Crippen LogP contribution in [0.15, 0.2) is 24.3 Å². The molecule has 142 valence electrons. The molecular weight excluding hydrogens is 320 g/mol. The summed E-state index contributed by atoms with van der Waals surface area (Å²) in [5.74, 6) is 2.57. The lowest BCUT2D eigenvalue weighted by Crippen LogP contribution is -2.26. The Morgan fingerprint density at radius 2 is 1.04 bits per heavy atom. The minimum absolute atomic E-state index is 0.0578. The van der Waals surface area contributed by atoms with Gasteiger partial charge in [-0.3, -0.25) is 0 Å². The number of ether oxygens (including phenoxy) is 2. The monoisotopic (exact) mass is 354 g/mol. The molecule has 0 aromatic heterocycles. The van der Waals surface area contributed by atoms with Gasteiger partial charge in [-0.1, -0.05) is 45.0 Å². The maximum absolute atomic E-state index is 5.58. The zero-order valence-corrected chi connectivity index (χ0v) is 17.9. The molecule has 0 heterocycles. The number of hydrogen-bond donors (Lipinski definition) is 0. The molecule has 0 atom stereocenters. The van der Waals surface area contributed by atoms with E-state index >= 15 is 0 Å². The number of benzene rings is 2. The first-order valence-electron chi connectivity index (χ1n) is 9.45. The first-order valence-corrected chi connectivity index (χ1v) is 9.45. The van der Waals surface area contributed by atoms with Crippen molar-refractivity contribution in [1.29, 1.82) is 0 Å². The largest absolute Gasteiger partial charge is 0.496 e. The average Bonchev–Trinajstić information content (AvgIpc) is 2.53. The third-order valence-electron chi connectivity index (χ3n) is 5.42. The summed E-state index contributed by atoms with van der Waals surface area (Å²) in [7, 11) is 3.50. The van der Waals surface area contributed by atoms with E-state index in [9.17, 15) is 0 Å². The van der Waals surface area contributed by atoms with Gasteiger partial charge in [0.1, 0.15) is 11.5 Å². The molecule has 0 radical (unpaired) electrons. The van der Waals surface area contributed by atoms with Gasteiger partial charge in [0.15, 0.2) is 0 Å². The second-order valence-electron chi connectivity index (χ2n) is 8.22. The van der Waals surface area contributed by atoms with E-state index in [-0.39, 0.29) is 5.41 Å². The van der Waals surface area contributed by atoms with Crippen LogP contribution in [0.4, 0.5) is 0 Å². The van der Waals surface area contributed by atoms with Crippen LogP contribution in [0.1, 0.15) is 60.6 Å². The molecule has 0 saturated carbocycles. The molecule has 2 aromatic carbocycles. The molecule has 2 nitrogen and oxygen atoms in total. The van der Waals surface area contributed by atoms with Crippen molar-refractivity contribution >= 4 is 0 Å². The van der Waals surface area contributed by atoms with Gasteiger partial charge >= 0.3 is 0 Å². The van der Waals surface area contributed by atoms with Crippen molar-refractivity contribution in [2.45, 2.75) is 60.3 Å². The molecule has 2 heteroatoms. The van der Waals surface area contributed by atoms with Crippen LogP contribution in [0.25, 0.3) is 0 Å². The van der Waals surface area contributed by atoms with E-state index in [1.54, 1.807) is 14.2 Å². The molecular formula is C24H34O2. The first kappa shape index (κ1) is 20.4. The SMILES string of the molecule is COc1c(C)cc(C(C)(CC(C)C)c2cc(C)c(OC)c(C)c2)cc1C. The Labute approximate surface area is 159 Å². The third-order valence-corrected chi connectivity index (χ3v) is 5.42. The highest BCUT2D eigenvalue weighted by molar-refractivity contribution is 5.52. The van der Waals surface area contributed by atoms with Crippen LogP contribution in [-0.4, -0.2) is 14.2 Å². The molecule has 0 fully saturated rings. The predicted octanol–water partition coefficient (Wildman–Crippen LogP) is 6.29. The first-order chi connectivity index (χ1) is 12.1. The van der Waals surface area contributed by atoms with Crippen molar-refractivity contribution in [3.63, 3.8) is 0 Å². The second kappa shape index (κ2) is 7.73. The highest BCUT2D eigenvalue weighted by atomic mass is 16.5. The normalized spacial score (nSPS) is 11.8. The molecule has 0 spiro atoms. The molecule has 0 aliphatic heterocycles. The molecule has 0 amide bonds. The summed E-state index contributed by atoms with van der Waals surface area (Å²) < 4.78 is 11.2. The van der Waals surface area contributed by atoms with Gasteiger partial charge in [0.2, 0.25) is 0 Å². The van der Waals surface area contributed by atoms with Crippen molar-refractivity contribution in [3.05, 3.63) is 57.6 Å². The van der Waals surface area contributed by atoms with E-state index in [1.807, 2.05) is 0 Å². The summed E-state index contributed by atoms with van der Waals surface area (Å²) in [4.78, 5) is 0. The van der Waals surface area contributed by atoms with Crippen molar-refractivity contribution < 1.29 is 9.47 Å². The maximum atomic E-state index is 5.58. The van der Waals surface area contributed by atoms with Crippen LogP contribution in [0, 0.1) is 33.6 Å². The fourth-order valence-electron chi connectivity index (χ4n) is 4.40. The summed E-state index contributed by atoms with van der Waals surface area (Å²) in [6.45, 7) is 15.5. The average molecular weight is 355 g/mol. The summed E-state index contributed by atoms with van der Waals surface area (Å²) in [6, 6.07) is 9.18. The molecule has 0 aliphatic rings. The van der Waals surface area contributed by atoms with Crippen LogP contribution in [-0.2, 0) is 5.41 Å². The number of rotatable bonds is 6. The van der Waals surface area contributed by atoms with Crippen LogP contribution >= 0.6 is 0 Å². The van der Waals surface area contributed by atoms with E-state index in [2.05, 4.69) is 72.7 Å². The van der Waals surface area contributed by atoms with Crippen molar-refractivity contribution in [1.82, 2.24) is 0 Å². The van der Waals surface area contributed by atoms with E-state index in [1.165, 1.54) is 33.4 Å². The summed E-state index contributed by atoms with van der Waals surface area (Å²) in [6.07, 6.45) is 1.09.